The first-order valence-corrected chi connectivity index (χ1v) is 9.89. The van der Waals surface area contributed by atoms with Crippen molar-refractivity contribution in [3.8, 4) is 0 Å². The summed E-state index contributed by atoms with van der Waals surface area (Å²) in [5.41, 5.74) is -0.264. The number of halogens is 1. The Balaban J connectivity index is 2.03. The largest absolute Gasteiger partial charge is 0.279 e. The monoisotopic (exact) mass is 352 g/mol. The second kappa shape index (κ2) is 6.41. The van der Waals surface area contributed by atoms with E-state index in [1.807, 2.05) is 0 Å². The minimum atomic E-state index is -3.32. The van der Waals surface area contributed by atoms with E-state index in [0.29, 0.717) is 24.3 Å². The number of hydrogen-bond acceptors (Lipinski definition) is 2. The Kier molecular flexibility index (Phi) is 5.31. The first kappa shape index (κ1) is 15.7. The van der Waals surface area contributed by atoms with Crippen molar-refractivity contribution in [3.05, 3.63) is 0 Å². The maximum Gasteiger partial charge on any atom is 0.279 e. The lowest BCUT2D eigenvalue weighted by molar-refractivity contribution is 0.262. The van der Waals surface area contributed by atoms with Crippen LogP contribution in [0.1, 0.15) is 51.9 Å². The fourth-order valence-electron chi connectivity index (χ4n) is 3.05. The third kappa shape index (κ3) is 3.93. The summed E-state index contributed by atoms with van der Waals surface area (Å²) in [6.07, 6.45) is 7.29. The van der Waals surface area contributed by atoms with Gasteiger partial charge in [-0.2, -0.15) is 17.4 Å². The summed E-state index contributed by atoms with van der Waals surface area (Å²) in [5, 5.41) is 0.712. The molecule has 4 nitrogen and oxygen atoms in total. The number of piperidine rings is 1. The van der Waals surface area contributed by atoms with Gasteiger partial charge in [0.15, 0.2) is 0 Å². The molecule has 1 saturated carbocycles. The molecule has 0 atom stereocenters. The standard InChI is InChI=1S/C13H25BrN2O2S/c1-12-5-9-16(10-6-12)19(17,18)15-13(11-14)7-3-2-4-8-13/h12,15H,2-11H2,1H3. The molecule has 6 heteroatoms. The van der Waals surface area contributed by atoms with E-state index in [0.717, 1.165) is 38.5 Å². The van der Waals surface area contributed by atoms with E-state index < -0.39 is 10.2 Å². The molecule has 0 aromatic carbocycles. The van der Waals surface area contributed by atoms with Crippen molar-refractivity contribution in [2.24, 2.45) is 5.92 Å². The van der Waals surface area contributed by atoms with Gasteiger partial charge in [-0.15, -0.1) is 0 Å². The lowest BCUT2D eigenvalue weighted by Gasteiger charge is -2.39. The number of hydrogen-bond donors (Lipinski definition) is 1. The highest BCUT2D eigenvalue weighted by Crippen LogP contribution is 2.31. The van der Waals surface area contributed by atoms with Crippen molar-refractivity contribution < 1.29 is 8.42 Å². The summed E-state index contributed by atoms with van der Waals surface area (Å²) in [6.45, 7) is 3.52. The molecule has 1 aliphatic carbocycles. The summed E-state index contributed by atoms with van der Waals surface area (Å²) < 4.78 is 29.7. The van der Waals surface area contributed by atoms with Gasteiger partial charge in [0.2, 0.25) is 0 Å². The van der Waals surface area contributed by atoms with Gasteiger partial charge >= 0.3 is 0 Å². The molecular weight excluding hydrogens is 328 g/mol. The topological polar surface area (TPSA) is 49.4 Å². The minimum absolute atomic E-state index is 0.264. The molecule has 1 heterocycles. The molecule has 2 fully saturated rings. The molecular formula is C13H25BrN2O2S. The molecule has 0 aromatic rings. The molecule has 1 aliphatic heterocycles. The molecule has 19 heavy (non-hydrogen) atoms. The predicted octanol–water partition coefficient (Wildman–Crippen LogP) is 2.65. The van der Waals surface area contributed by atoms with Gasteiger partial charge in [-0.05, 0) is 31.6 Å². The maximum atomic E-state index is 12.5. The van der Waals surface area contributed by atoms with Crippen molar-refractivity contribution in [1.82, 2.24) is 9.03 Å². The Morgan fingerprint density at radius 2 is 1.79 bits per heavy atom. The van der Waals surface area contributed by atoms with Gasteiger partial charge in [-0.25, -0.2) is 0 Å². The van der Waals surface area contributed by atoms with Crippen molar-refractivity contribution in [2.45, 2.75) is 57.4 Å². The first-order valence-electron chi connectivity index (χ1n) is 7.32. The highest BCUT2D eigenvalue weighted by atomic mass is 79.9. The van der Waals surface area contributed by atoms with E-state index in [-0.39, 0.29) is 5.54 Å². The quantitative estimate of drug-likeness (QED) is 0.790. The Morgan fingerprint density at radius 1 is 1.21 bits per heavy atom. The zero-order chi connectivity index (χ0) is 13.9. The molecule has 0 aromatic heterocycles. The van der Waals surface area contributed by atoms with E-state index in [1.165, 1.54) is 6.42 Å². The van der Waals surface area contributed by atoms with E-state index in [4.69, 9.17) is 0 Å². The van der Waals surface area contributed by atoms with Gasteiger partial charge in [0.25, 0.3) is 10.2 Å². The molecule has 2 aliphatic rings. The van der Waals surface area contributed by atoms with Crippen LogP contribution >= 0.6 is 15.9 Å². The fraction of sp³-hybridized carbons (Fsp3) is 1.00. The summed E-state index contributed by atoms with van der Waals surface area (Å²) in [5.74, 6) is 0.645. The van der Waals surface area contributed by atoms with Crippen molar-refractivity contribution in [1.29, 1.82) is 0 Å². The Labute approximate surface area is 125 Å². The Morgan fingerprint density at radius 3 is 2.32 bits per heavy atom. The average Bonchev–Trinajstić information content (AvgIpc) is 2.40. The van der Waals surface area contributed by atoms with Gasteiger partial charge < -0.3 is 0 Å². The zero-order valence-corrected chi connectivity index (χ0v) is 14.1. The molecule has 0 amide bonds. The summed E-state index contributed by atoms with van der Waals surface area (Å²) in [6, 6.07) is 0. The average molecular weight is 353 g/mol. The molecule has 1 saturated heterocycles. The van der Waals surface area contributed by atoms with Crippen LogP contribution in [0.3, 0.4) is 0 Å². The Hall–Kier alpha value is 0.350. The van der Waals surface area contributed by atoms with E-state index in [2.05, 4.69) is 27.6 Å². The van der Waals surface area contributed by atoms with Crippen molar-refractivity contribution in [3.63, 3.8) is 0 Å². The van der Waals surface area contributed by atoms with Crippen LogP contribution in [-0.4, -0.2) is 36.7 Å². The van der Waals surface area contributed by atoms with Gasteiger partial charge in [0.1, 0.15) is 0 Å². The highest BCUT2D eigenvalue weighted by molar-refractivity contribution is 9.09. The van der Waals surface area contributed by atoms with Crippen LogP contribution in [0.15, 0.2) is 0 Å². The van der Waals surface area contributed by atoms with Crippen LogP contribution < -0.4 is 4.72 Å². The van der Waals surface area contributed by atoms with Crippen LogP contribution in [0.25, 0.3) is 0 Å². The Bertz CT molecular complexity index is 385. The third-order valence-corrected chi connectivity index (χ3v) is 7.30. The van der Waals surface area contributed by atoms with Crippen LogP contribution in [0.2, 0.25) is 0 Å². The van der Waals surface area contributed by atoms with Gasteiger partial charge in [0.05, 0.1) is 0 Å². The van der Waals surface area contributed by atoms with Crippen LogP contribution in [0.4, 0.5) is 0 Å². The first-order chi connectivity index (χ1) is 8.97. The lowest BCUT2D eigenvalue weighted by Crippen LogP contribution is -2.56. The summed E-state index contributed by atoms with van der Waals surface area (Å²) in [4.78, 5) is 0. The van der Waals surface area contributed by atoms with Crippen molar-refractivity contribution >= 4 is 26.1 Å². The maximum absolute atomic E-state index is 12.5. The zero-order valence-electron chi connectivity index (χ0n) is 11.7. The normalized spacial score (nSPS) is 26.4. The summed E-state index contributed by atoms with van der Waals surface area (Å²) >= 11 is 3.51. The van der Waals surface area contributed by atoms with E-state index in [9.17, 15) is 8.42 Å². The molecule has 0 spiro atoms. The van der Waals surface area contributed by atoms with Gasteiger partial charge in [-0.3, -0.25) is 0 Å². The minimum Gasteiger partial charge on any atom is -0.195 e. The number of nitrogens with zero attached hydrogens (tertiary/aromatic N) is 1. The van der Waals surface area contributed by atoms with E-state index >= 15 is 0 Å². The highest BCUT2D eigenvalue weighted by Gasteiger charge is 2.37. The number of rotatable bonds is 4. The smallest absolute Gasteiger partial charge is 0.195 e. The van der Waals surface area contributed by atoms with E-state index in [1.54, 1.807) is 4.31 Å². The second-order valence-corrected chi connectivity index (χ2v) is 8.39. The third-order valence-electron chi connectivity index (χ3n) is 4.49. The van der Waals surface area contributed by atoms with Crippen LogP contribution in [0.5, 0.6) is 0 Å². The molecule has 1 N–H and O–H groups in total. The second-order valence-electron chi connectivity index (χ2n) is 6.16. The fourth-order valence-corrected chi connectivity index (χ4v) is 5.59. The van der Waals surface area contributed by atoms with Crippen LogP contribution in [-0.2, 0) is 10.2 Å². The molecule has 112 valence electrons. The predicted molar refractivity (Wildman–Crippen MR) is 81.6 cm³/mol. The van der Waals surface area contributed by atoms with Gasteiger partial charge in [-0.1, -0.05) is 42.1 Å². The molecule has 0 radical (unpaired) electrons. The van der Waals surface area contributed by atoms with Gasteiger partial charge in [0, 0.05) is 24.0 Å². The summed E-state index contributed by atoms with van der Waals surface area (Å²) in [7, 11) is -3.32. The lowest BCUT2D eigenvalue weighted by atomic mass is 9.84. The SMILES string of the molecule is CC1CCN(S(=O)(=O)NC2(CBr)CCCCC2)CC1. The molecule has 2 rings (SSSR count). The molecule has 0 unspecified atom stereocenters. The number of nitrogens with one attached hydrogen (secondary N) is 1. The van der Waals surface area contributed by atoms with Crippen LogP contribution in [0, 0.1) is 5.92 Å². The van der Waals surface area contributed by atoms with Crippen molar-refractivity contribution in [2.75, 3.05) is 18.4 Å². The number of alkyl halides is 1. The molecule has 0 bridgehead atoms.